The van der Waals surface area contributed by atoms with Crippen molar-refractivity contribution < 1.29 is 9.26 Å². The highest BCUT2D eigenvalue weighted by molar-refractivity contribution is 4.94. The van der Waals surface area contributed by atoms with Crippen molar-refractivity contribution >= 4 is 0 Å². The number of nitrogens with zero attached hydrogens (tertiary/aromatic N) is 2. The van der Waals surface area contributed by atoms with Gasteiger partial charge in [0.15, 0.2) is 5.82 Å². The van der Waals surface area contributed by atoms with E-state index in [0.717, 1.165) is 32.3 Å². The molecule has 2 N–H and O–H groups in total. The van der Waals surface area contributed by atoms with Gasteiger partial charge in [-0.05, 0) is 25.2 Å². The third-order valence-corrected chi connectivity index (χ3v) is 2.96. The Hall–Kier alpha value is -0.940. The topological polar surface area (TPSA) is 74.2 Å². The maximum Gasteiger partial charge on any atom is 0.243 e. The second-order valence-corrected chi connectivity index (χ2v) is 5.12. The summed E-state index contributed by atoms with van der Waals surface area (Å²) in [6, 6.07) is -0.152. The fourth-order valence-electron chi connectivity index (χ4n) is 2.12. The van der Waals surface area contributed by atoms with Crippen LogP contribution in [0.15, 0.2) is 4.52 Å². The Labute approximate surface area is 102 Å². The second-order valence-electron chi connectivity index (χ2n) is 5.12. The summed E-state index contributed by atoms with van der Waals surface area (Å²) in [5.74, 6) is 1.79. The van der Waals surface area contributed by atoms with Crippen LogP contribution in [0.2, 0.25) is 0 Å². The summed E-state index contributed by atoms with van der Waals surface area (Å²) in [6.07, 6.45) is 4.06. The molecule has 0 amide bonds. The van der Waals surface area contributed by atoms with Crippen LogP contribution in [-0.2, 0) is 11.2 Å². The summed E-state index contributed by atoms with van der Waals surface area (Å²) >= 11 is 0. The Bertz CT molecular complexity index is 345. The van der Waals surface area contributed by atoms with Crippen LogP contribution in [0.5, 0.6) is 0 Å². The number of hydrogen-bond acceptors (Lipinski definition) is 5. The van der Waals surface area contributed by atoms with Gasteiger partial charge in [0, 0.05) is 13.0 Å². The first-order valence-electron chi connectivity index (χ1n) is 6.35. The van der Waals surface area contributed by atoms with Crippen molar-refractivity contribution in [1.29, 1.82) is 0 Å². The number of rotatable bonds is 5. The van der Waals surface area contributed by atoms with Crippen LogP contribution >= 0.6 is 0 Å². The molecule has 1 aromatic rings. The highest BCUT2D eigenvalue weighted by Crippen LogP contribution is 2.19. The Balaban J connectivity index is 1.90. The Morgan fingerprint density at radius 3 is 2.94 bits per heavy atom. The fraction of sp³-hybridized carbons (Fsp3) is 0.833. The average molecular weight is 239 g/mol. The summed E-state index contributed by atoms with van der Waals surface area (Å²) < 4.78 is 10.7. The molecule has 0 unspecified atom stereocenters. The molecule has 5 heteroatoms. The molecular formula is C12H21N3O2. The first-order chi connectivity index (χ1) is 8.15. The molecule has 0 saturated carbocycles. The molecule has 2 atom stereocenters. The molecule has 1 aliphatic rings. The summed E-state index contributed by atoms with van der Waals surface area (Å²) in [5, 5.41) is 3.96. The van der Waals surface area contributed by atoms with E-state index in [4.69, 9.17) is 15.0 Å². The van der Waals surface area contributed by atoms with Gasteiger partial charge >= 0.3 is 0 Å². The van der Waals surface area contributed by atoms with Crippen LogP contribution in [-0.4, -0.2) is 22.9 Å². The molecule has 96 valence electrons. The second kappa shape index (κ2) is 5.60. The van der Waals surface area contributed by atoms with E-state index in [1.54, 1.807) is 0 Å². The zero-order chi connectivity index (χ0) is 12.3. The molecule has 0 aromatic carbocycles. The monoisotopic (exact) mass is 239 g/mol. The van der Waals surface area contributed by atoms with Gasteiger partial charge in [-0.2, -0.15) is 4.98 Å². The van der Waals surface area contributed by atoms with Gasteiger partial charge in [0.05, 0.1) is 12.1 Å². The normalized spacial score (nSPS) is 22.2. The van der Waals surface area contributed by atoms with Gasteiger partial charge in [0.25, 0.3) is 0 Å². The molecule has 2 heterocycles. The zero-order valence-corrected chi connectivity index (χ0v) is 10.6. The molecule has 2 rings (SSSR count). The maximum atomic E-state index is 5.99. The molecule has 0 radical (unpaired) electrons. The molecule has 0 aliphatic carbocycles. The Kier molecular flexibility index (Phi) is 4.12. The van der Waals surface area contributed by atoms with Crippen LogP contribution in [0.3, 0.4) is 0 Å². The summed E-state index contributed by atoms with van der Waals surface area (Å²) in [4.78, 5) is 4.34. The third-order valence-electron chi connectivity index (χ3n) is 2.96. The standard InChI is InChI=1S/C12H21N3O2/c1-8(2)6-10(13)12-14-11(15-17-12)7-9-4-3-5-16-9/h8-10H,3-7,13H2,1-2H3/t9-,10+/m1/s1. The lowest BCUT2D eigenvalue weighted by molar-refractivity contribution is 0.109. The molecule has 0 bridgehead atoms. The molecule has 1 aliphatic heterocycles. The van der Waals surface area contributed by atoms with E-state index in [-0.39, 0.29) is 12.1 Å². The lowest BCUT2D eigenvalue weighted by Gasteiger charge is -2.08. The third kappa shape index (κ3) is 3.51. The summed E-state index contributed by atoms with van der Waals surface area (Å²) in [6.45, 7) is 5.11. The number of nitrogens with two attached hydrogens (primary N) is 1. The van der Waals surface area contributed by atoms with Crippen molar-refractivity contribution in [2.75, 3.05) is 6.61 Å². The molecule has 0 spiro atoms. The highest BCUT2D eigenvalue weighted by atomic mass is 16.5. The Morgan fingerprint density at radius 1 is 1.47 bits per heavy atom. The average Bonchev–Trinajstić information content (AvgIpc) is 2.88. The predicted molar refractivity (Wildman–Crippen MR) is 63.4 cm³/mol. The molecule has 1 saturated heterocycles. The Morgan fingerprint density at radius 2 is 2.29 bits per heavy atom. The van der Waals surface area contributed by atoms with Crippen molar-refractivity contribution in [3.63, 3.8) is 0 Å². The minimum atomic E-state index is -0.152. The van der Waals surface area contributed by atoms with E-state index in [2.05, 4.69) is 24.0 Å². The van der Waals surface area contributed by atoms with E-state index in [1.165, 1.54) is 0 Å². The number of aromatic nitrogens is 2. The number of hydrogen-bond donors (Lipinski definition) is 1. The minimum absolute atomic E-state index is 0.152. The fourth-order valence-corrected chi connectivity index (χ4v) is 2.12. The predicted octanol–water partition coefficient (Wildman–Crippen LogP) is 1.84. The van der Waals surface area contributed by atoms with Crippen LogP contribution in [0.4, 0.5) is 0 Å². The van der Waals surface area contributed by atoms with Crippen LogP contribution in [0.1, 0.15) is 50.9 Å². The lowest BCUT2D eigenvalue weighted by atomic mass is 10.0. The summed E-state index contributed by atoms with van der Waals surface area (Å²) in [7, 11) is 0. The molecule has 17 heavy (non-hydrogen) atoms. The van der Waals surface area contributed by atoms with E-state index >= 15 is 0 Å². The molecular weight excluding hydrogens is 218 g/mol. The van der Waals surface area contributed by atoms with Gasteiger partial charge in [0.2, 0.25) is 5.89 Å². The first kappa shape index (κ1) is 12.5. The smallest absolute Gasteiger partial charge is 0.243 e. The van der Waals surface area contributed by atoms with Gasteiger partial charge in [0.1, 0.15) is 0 Å². The van der Waals surface area contributed by atoms with E-state index in [0.29, 0.717) is 17.6 Å². The van der Waals surface area contributed by atoms with Gasteiger partial charge in [-0.3, -0.25) is 0 Å². The van der Waals surface area contributed by atoms with Gasteiger partial charge in [-0.1, -0.05) is 19.0 Å². The first-order valence-corrected chi connectivity index (χ1v) is 6.35. The quantitative estimate of drug-likeness (QED) is 0.848. The molecule has 5 nitrogen and oxygen atoms in total. The molecule has 1 aromatic heterocycles. The van der Waals surface area contributed by atoms with Crippen molar-refractivity contribution in [2.24, 2.45) is 11.7 Å². The van der Waals surface area contributed by atoms with E-state index < -0.39 is 0 Å². The SMILES string of the molecule is CC(C)C[C@H](N)c1nc(C[C@H]2CCCO2)no1. The van der Waals surface area contributed by atoms with E-state index in [9.17, 15) is 0 Å². The maximum absolute atomic E-state index is 5.99. The van der Waals surface area contributed by atoms with E-state index in [1.807, 2.05) is 0 Å². The van der Waals surface area contributed by atoms with Crippen molar-refractivity contribution in [2.45, 2.75) is 51.7 Å². The van der Waals surface area contributed by atoms with Crippen LogP contribution in [0, 0.1) is 5.92 Å². The van der Waals surface area contributed by atoms with Gasteiger partial charge in [-0.15, -0.1) is 0 Å². The van der Waals surface area contributed by atoms with Gasteiger partial charge in [-0.25, -0.2) is 0 Å². The van der Waals surface area contributed by atoms with Crippen molar-refractivity contribution in [3.05, 3.63) is 11.7 Å². The molecule has 1 fully saturated rings. The minimum Gasteiger partial charge on any atom is -0.378 e. The highest BCUT2D eigenvalue weighted by Gasteiger charge is 2.21. The lowest BCUT2D eigenvalue weighted by Crippen LogP contribution is -2.14. The van der Waals surface area contributed by atoms with Crippen molar-refractivity contribution in [1.82, 2.24) is 10.1 Å². The van der Waals surface area contributed by atoms with Gasteiger partial charge < -0.3 is 15.0 Å². The van der Waals surface area contributed by atoms with Crippen molar-refractivity contribution in [3.8, 4) is 0 Å². The zero-order valence-electron chi connectivity index (χ0n) is 10.6. The number of ether oxygens (including phenoxy) is 1. The largest absolute Gasteiger partial charge is 0.378 e. The van der Waals surface area contributed by atoms with Crippen LogP contribution < -0.4 is 5.73 Å². The summed E-state index contributed by atoms with van der Waals surface area (Å²) in [5.41, 5.74) is 5.99. The van der Waals surface area contributed by atoms with Crippen LogP contribution in [0.25, 0.3) is 0 Å².